The smallest absolute Gasteiger partial charge is 0.266 e. The fraction of sp³-hybridized carbons (Fsp3) is 0.378. The van der Waals surface area contributed by atoms with Crippen molar-refractivity contribution in [3.05, 3.63) is 125 Å². The summed E-state index contributed by atoms with van der Waals surface area (Å²) in [6, 6.07) is 18.3. The Balaban J connectivity index is 0.985. The number of rotatable bonds is 13. The molecule has 318 valence electrons. The van der Waals surface area contributed by atoms with Crippen molar-refractivity contribution in [2.45, 2.75) is 49.1 Å². The van der Waals surface area contributed by atoms with Crippen LogP contribution in [0, 0.1) is 11.8 Å². The normalized spacial score (nSPS) is 24.0. The number of dihydropyridines is 1. The minimum atomic E-state index is -3.46. The molecule has 5 aliphatic rings. The average molecular weight is 857 g/mol. The second-order valence-electron chi connectivity index (χ2n) is 16.3. The van der Waals surface area contributed by atoms with E-state index in [1.54, 1.807) is 24.4 Å². The first-order chi connectivity index (χ1) is 28.9. The minimum Gasteiger partial charge on any atom is -0.455 e. The van der Waals surface area contributed by atoms with E-state index >= 15 is 0 Å². The second kappa shape index (κ2) is 17.9. The number of nitrogens with one attached hydrogen (secondary N) is 4. The summed E-state index contributed by atoms with van der Waals surface area (Å²) in [7, 11) is -3.46. The standard InChI is InChI=1S/C45H54ClN7O6S/c1-45-34(15-18-48-45)25-37(29-49-45)59-43-26-36(52-21-19-51(20-22-52)30-33-5-3-4-6-39(33)32-7-9-35(46)10-8-32)11-13-40(43)44(54)50-60(2,57)38-12-14-41(42(27-38)53(55)56)47-28-31-16-23-58-24-17-31/h4,6-15,18,25-27,29,31,33,39,47-49,55-56H,2-3,5,16-17,19-24,28,30H2,1H3,(H,50,54,57)/p+1. The third-order valence-electron chi connectivity index (χ3n) is 12.2. The molecule has 1 aliphatic carbocycles. The number of halogens is 1. The van der Waals surface area contributed by atoms with Gasteiger partial charge in [-0.2, -0.15) is 0 Å². The van der Waals surface area contributed by atoms with Crippen LogP contribution in [0.25, 0.3) is 0 Å². The first-order valence-electron chi connectivity index (χ1n) is 20.6. The molecule has 2 fully saturated rings. The first-order valence-corrected chi connectivity index (χ1v) is 22.8. The lowest BCUT2D eigenvalue weighted by molar-refractivity contribution is 0.0294. The van der Waals surface area contributed by atoms with Crippen LogP contribution in [0.5, 0.6) is 5.75 Å². The Hall–Kier alpha value is -4.96. The molecule has 1 amide bonds. The number of piperazine rings is 1. The fourth-order valence-corrected chi connectivity index (χ4v) is 9.88. The highest BCUT2D eigenvalue weighted by Gasteiger charge is 2.33. The predicted molar refractivity (Wildman–Crippen MR) is 239 cm³/mol. The summed E-state index contributed by atoms with van der Waals surface area (Å²) in [5.74, 6) is 5.33. The Morgan fingerprint density at radius 3 is 2.63 bits per heavy atom. The van der Waals surface area contributed by atoms with Gasteiger partial charge in [-0.05, 0) is 122 Å². The number of ether oxygens (including phenoxy) is 2. The van der Waals surface area contributed by atoms with E-state index < -0.39 is 21.3 Å². The molecule has 3 aromatic rings. The van der Waals surface area contributed by atoms with Crippen molar-refractivity contribution in [3.8, 4) is 5.75 Å². The molecular formula is C45H55ClN7O6S+. The van der Waals surface area contributed by atoms with Crippen molar-refractivity contribution in [2.75, 3.05) is 67.9 Å². The van der Waals surface area contributed by atoms with Gasteiger partial charge in [0.25, 0.3) is 5.91 Å². The lowest BCUT2D eigenvalue weighted by Gasteiger charge is -2.39. The maximum absolute atomic E-state index is 14.2. The van der Waals surface area contributed by atoms with Crippen LogP contribution in [-0.2, 0) is 14.4 Å². The summed E-state index contributed by atoms with van der Waals surface area (Å²) >= 11 is 6.20. The second-order valence-corrected chi connectivity index (χ2v) is 18.8. The molecule has 60 heavy (non-hydrogen) atoms. The number of carbonyl (C=O) groups is 1. The van der Waals surface area contributed by atoms with E-state index in [0.717, 1.165) is 74.7 Å². The van der Waals surface area contributed by atoms with Gasteiger partial charge in [0, 0.05) is 86.9 Å². The summed E-state index contributed by atoms with van der Waals surface area (Å²) in [6.07, 6.45) is 16.2. The minimum absolute atomic E-state index is 0.0860. The van der Waals surface area contributed by atoms with E-state index in [1.165, 1.54) is 11.6 Å². The Morgan fingerprint density at radius 2 is 1.87 bits per heavy atom. The van der Waals surface area contributed by atoms with Crippen LogP contribution < -0.4 is 35.5 Å². The molecule has 0 radical (unpaired) electrons. The number of allylic oxidation sites excluding steroid dienone is 3. The number of carbonyl (C=O) groups excluding carboxylic acids is 1. The molecular weight excluding hydrogens is 802 g/mol. The Morgan fingerprint density at radius 1 is 1.08 bits per heavy atom. The Labute approximate surface area is 357 Å². The Bertz CT molecular complexity index is 2280. The summed E-state index contributed by atoms with van der Waals surface area (Å²) in [6.45, 7) is 8.45. The summed E-state index contributed by atoms with van der Waals surface area (Å²) < 4.78 is 28.8. The summed E-state index contributed by atoms with van der Waals surface area (Å²) in [5, 5.41) is 29.1. The number of anilines is 3. The molecule has 4 heterocycles. The van der Waals surface area contributed by atoms with Gasteiger partial charge in [-0.1, -0.05) is 35.9 Å². The van der Waals surface area contributed by atoms with Crippen LogP contribution in [0.15, 0.2) is 114 Å². The lowest BCUT2D eigenvalue weighted by atomic mass is 9.79. The van der Waals surface area contributed by atoms with E-state index in [-0.39, 0.29) is 21.4 Å². The molecule has 4 aliphatic heterocycles. The number of fused-ring (bicyclic) bond motifs is 1. The molecule has 3 aromatic carbocycles. The fourth-order valence-electron chi connectivity index (χ4n) is 8.63. The molecule has 0 aromatic heterocycles. The maximum Gasteiger partial charge on any atom is 0.266 e. The van der Waals surface area contributed by atoms with Crippen molar-refractivity contribution in [1.29, 1.82) is 0 Å². The van der Waals surface area contributed by atoms with Gasteiger partial charge in [-0.3, -0.25) is 19.6 Å². The molecule has 7 N–H and O–H groups in total. The van der Waals surface area contributed by atoms with Crippen molar-refractivity contribution in [2.24, 2.45) is 11.8 Å². The van der Waals surface area contributed by atoms with Gasteiger partial charge in [-0.25, -0.2) is 9.42 Å². The molecule has 0 spiro atoms. The molecule has 0 bridgehead atoms. The third-order valence-corrected chi connectivity index (χ3v) is 14.0. The van der Waals surface area contributed by atoms with Gasteiger partial charge >= 0.3 is 0 Å². The number of nitrogens with zero attached hydrogens (tertiary/aromatic N) is 3. The zero-order valence-corrected chi connectivity index (χ0v) is 35.4. The van der Waals surface area contributed by atoms with Crippen molar-refractivity contribution in [1.82, 2.24) is 20.3 Å². The van der Waals surface area contributed by atoms with Gasteiger partial charge in [0.1, 0.15) is 17.2 Å². The van der Waals surface area contributed by atoms with Crippen LogP contribution in [0.4, 0.5) is 17.1 Å². The summed E-state index contributed by atoms with van der Waals surface area (Å²) in [5.41, 5.74) is 3.48. The molecule has 4 unspecified atom stereocenters. The average Bonchev–Trinajstić information content (AvgIpc) is 3.64. The molecule has 0 saturated carbocycles. The van der Waals surface area contributed by atoms with Crippen LogP contribution in [0.2, 0.25) is 5.02 Å². The largest absolute Gasteiger partial charge is 0.455 e. The van der Waals surface area contributed by atoms with Crippen LogP contribution in [-0.4, -0.2) is 89.4 Å². The van der Waals surface area contributed by atoms with E-state index in [4.69, 9.17) is 26.3 Å². The van der Waals surface area contributed by atoms with Crippen LogP contribution >= 0.6 is 11.6 Å². The molecule has 15 heteroatoms. The SMILES string of the molecule is C=S(=O)(NC(=O)c1ccc(N2CCN(CC3CCC=CC3c3ccc(Cl)cc3)CC2)cc1OC1=CNC2(C)NC=CC2=C1)c1ccc(NCC2CCOCC2)c(N(O)[OH2+])c1. The molecule has 13 nitrogen and oxygen atoms in total. The third kappa shape index (κ3) is 9.49. The van der Waals surface area contributed by atoms with Crippen molar-refractivity contribution < 1.29 is 28.9 Å². The van der Waals surface area contributed by atoms with E-state index in [2.05, 4.69) is 60.6 Å². The first kappa shape index (κ1) is 41.8. The monoisotopic (exact) mass is 856 g/mol. The number of hydrogen-bond donors (Lipinski definition) is 5. The van der Waals surface area contributed by atoms with Gasteiger partial charge in [0.2, 0.25) is 0 Å². The molecule has 4 atom stereocenters. The van der Waals surface area contributed by atoms with Gasteiger partial charge in [-0.15, -0.1) is 0 Å². The van der Waals surface area contributed by atoms with Gasteiger partial charge in [0.05, 0.1) is 25.9 Å². The van der Waals surface area contributed by atoms with Crippen molar-refractivity contribution >= 4 is 50.1 Å². The Kier molecular flexibility index (Phi) is 12.5. The molecule has 8 rings (SSSR count). The van der Waals surface area contributed by atoms with Crippen molar-refractivity contribution in [3.63, 3.8) is 0 Å². The van der Waals surface area contributed by atoms with Gasteiger partial charge in [0.15, 0.2) is 5.69 Å². The topological polar surface area (TPSA) is 154 Å². The maximum atomic E-state index is 14.2. The summed E-state index contributed by atoms with van der Waals surface area (Å²) in [4.78, 5) is 19.1. The number of benzene rings is 3. The number of amides is 1. The predicted octanol–water partition coefficient (Wildman–Crippen LogP) is 5.89. The highest BCUT2D eigenvalue weighted by atomic mass is 35.5. The number of hydrogen-bond acceptors (Lipinski definition) is 11. The van der Waals surface area contributed by atoms with E-state index in [1.807, 2.05) is 49.5 Å². The highest BCUT2D eigenvalue weighted by Crippen LogP contribution is 2.36. The quantitative estimate of drug-likeness (QED) is 0.0606. The van der Waals surface area contributed by atoms with Crippen LogP contribution in [0.3, 0.4) is 0 Å². The molecule has 2 saturated heterocycles. The lowest BCUT2D eigenvalue weighted by Crippen LogP contribution is -2.50. The zero-order chi connectivity index (χ0) is 41.9. The van der Waals surface area contributed by atoms with E-state index in [9.17, 15) is 14.2 Å². The highest BCUT2D eigenvalue weighted by molar-refractivity contribution is 7.99. The van der Waals surface area contributed by atoms with Gasteiger partial charge < -0.3 is 30.3 Å². The zero-order valence-electron chi connectivity index (χ0n) is 33.9. The van der Waals surface area contributed by atoms with E-state index in [0.29, 0.717) is 54.7 Å². The van der Waals surface area contributed by atoms with Crippen LogP contribution in [0.1, 0.15) is 54.4 Å².